The molecule has 0 spiro atoms. The van der Waals surface area contributed by atoms with Gasteiger partial charge in [-0.15, -0.1) is 0 Å². The molecule has 0 aliphatic rings. The number of nitrogens with one attached hydrogen (secondary N) is 3. The molecule has 0 saturated carbocycles. The third-order valence-corrected chi connectivity index (χ3v) is 4.30. The number of hydrogen-bond donors (Lipinski definition) is 3. The van der Waals surface area contributed by atoms with Crippen LogP contribution in [0.15, 0.2) is 54.7 Å². The van der Waals surface area contributed by atoms with Gasteiger partial charge in [0.25, 0.3) is 0 Å². The number of ether oxygens (including phenoxy) is 1. The molecule has 27 heavy (non-hydrogen) atoms. The Morgan fingerprint density at radius 1 is 1.07 bits per heavy atom. The fraction of sp³-hybridized carbons (Fsp3) is 0.318. The van der Waals surface area contributed by atoms with Gasteiger partial charge in [-0.3, -0.25) is 4.79 Å². The van der Waals surface area contributed by atoms with Crippen LogP contribution < -0.4 is 15.4 Å². The molecule has 1 amide bonds. The summed E-state index contributed by atoms with van der Waals surface area (Å²) >= 11 is 0. The summed E-state index contributed by atoms with van der Waals surface area (Å²) in [5.74, 6) is 0.910. The van der Waals surface area contributed by atoms with Gasteiger partial charge in [0.05, 0.1) is 6.10 Å². The Morgan fingerprint density at radius 3 is 2.63 bits per heavy atom. The van der Waals surface area contributed by atoms with Gasteiger partial charge >= 0.3 is 0 Å². The standard InChI is InChI=1S/C22H27N3O2/c1-16(2)27-19-9-7-18(8-10-19)23-14-12-22(26)24-13-11-17-15-25-21-6-4-3-5-20(17)21/h3-10,15-16,23,25H,11-14H2,1-2H3,(H,24,26). The SMILES string of the molecule is CC(C)Oc1ccc(NCCC(=O)NCCc2c[nH]c3ccccc23)cc1. The molecule has 5 nitrogen and oxygen atoms in total. The fourth-order valence-electron chi connectivity index (χ4n) is 3.01. The van der Waals surface area contributed by atoms with Crippen LogP contribution in [-0.4, -0.2) is 30.1 Å². The third-order valence-electron chi connectivity index (χ3n) is 4.30. The largest absolute Gasteiger partial charge is 0.491 e. The summed E-state index contributed by atoms with van der Waals surface area (Å²) in [7, 11) is 0. The van der Waals surface area contributed by atoms with Gasteiger partial charge in [0.1, 0.15) is 5.75 Å². The molecule has 3 aromatic rings. The first-order chi connectivity index (χ1) is 13.1. The first-order valence-corrected chi connectivity index (χ1v) is 9.44. The minimum Gasteiger partial charge on any atom is -0.491 e. The van der Waals surface area contributed by atoms with Crippen LogP contribution >= 0.6 is 0 Å². The van der Waals surface area contributed by atoms with E-state index in [1.807, 2.05) is 56.4 Å². The minimum atomic E-state index is 0.0575. The Bertz CT molecular complexity index is 869. The number of fused-ring (bicyclic) bond motifs is 1. The van der Waals surface area contributed by atoms with Crippen LogP contribution in [0.2, 0.25) is 0 Å². The maximum atomic E-state index is 12.0. The highest BCUT2D eigenvalue weighted by atomic mass is 16.5. The first kappa shape index (κ1) is 18.8. The van der Waals surface area contributed by atoms with Crippen molar-refractivity contribution in [3.8, 4) is 5.75 Å². The molecule has 5 heteroatoms. The maximum absolute atomic E-state index is 12.0. The number of amides is 1. The normalized spacial score (nSPS) is 10.9. The highest BCUT2D eigenvalue weighted by Crippen LogP contribution is 2.18. The lowest BCUT2D eigenvalue weighted by Crippen LogP contribution is -2.27. The number of H-pyrrole nitrogens is 1. The monoisotopic (exact) mass is 365 g/mol. The minimum absolute atomic E-state index is 0.0575. The maximum Gasteiger partial charge on any atom is 0.221 e. The van der Waals surface area contributed by atoms with E-state index >= 15 is 0 Å². The summed E-state index contributed by atoms with van der Waals surface area (Å²) in [6.45, 7) is 5.25. The summed E-state index contributed by atoms with van der Waals surface area (Å²) in [5, 5.41) is 7.47. The second-order valence-electron chi connectivity index (χ2n) is 6.83. The van der Waals surface area contributed by atoms with Crippen molar-refractivity contribution in [2.45, 2.75) is 32.8 Å². The van der Waals surface area contributed by atoms with Crippen molar-refractivity contribution in [3.63, 3.8) is 0 Å². The fourth-order valence-corrected chi connectivity index (χ4v) is 3.01. The number of benzene rings is 2. The quantitative estimate of drug-likeness (QED) is 0.534. The summed E-state index contributed by atoms with van der Waals surface area (Å²) in [4.78, 5) is 15.3. The van der Waals surface area contributed by atoms with Crippen molar-refractivity contribution in [1.29, 1.82) is 0 Å². The molecular weight excluding hydrogens is 338 g/mol. The van der Waals surface area contributed by atoms with E-state index in [9.17, 15) is 4.79 Å². The van der Waals surface area contributed by atoms with E-state index in [2.05, 4.69) is 27.8 Å². The van der Waals surface area contributed by atoms with Crippen LogP contribution in [0.3, 0.4) is 0 Å². The first-order valence-electron chi connectivity index (χ1n) is 9.44. The molecule has 0 aliphatic heterocycles. The van der Waals surface area contributed by atoms with E-state index < -0.39 is 0 Å². The summed E-state index contributed by atoms with van der Waals surface area (Å²) in [5.41, 5.74) is 3.35. The predicted molar refractivity (Wildman–Crippen MR) is 110 cm³/mol. The van der Waals surface area contributed by atoms with Crippen molar-refractivity contribution in [1.82, 2.24) is 10.3 Å². The van der Waals surface area contributed by atoms with E-state index in [1.165, 1.54) is 10.9 Å². The smallest absolute Gasteiger partial charge is 0.221 e. The van der Waals surface area contributed by atoms with Crippen molar-refractivity contribution in [2.24, 2.45) is 0 Å². The van der Waals surface area contributed by atoms with E-state index in [0.717, 1.165) is 23.4 Å². The van der Waals surface area contributed by atoms with Crippen LogP contribution in [0.4, 0.5) is 5.69 Å². The van der Waals surface area contributed by atoms with Crippen molar-refractivity contribution in [3.05, 3.63) is 60.3 Å². The van der Waals surface area contributed by atoms with E-state index in [-0.39, 0.29) is 12.0 Å². The molecule has 142 valence electrons. The molecule has 2 aromatic carbocycles. The van der Waals surface area contributed by atoms with Gasteiger partial charge in [-0.05, 0) is 56.2 Å². The van der Waals surface area contributed by atoms with Crippen molar-refractivity contribution < 1.29 is 9.53 Å². The van der Waals surface area contributed by atoms with Gasteiger partial charge in [0.15, 0.2) is 0 Å². The molecule has 1 heterocycles. The Balaban J connectivity index is 1.36. The highest BCUT2D eigenvalue weighted by Gasteiger charge is 2.05. The van der Waals surface area contributed by atoms with Gasteiger partial charge in [0, 0.05) is 42.3 Å². The van der Waals surface area contributed by atoms with Crippen LogP contribution in [0, 0.1) is 0 Å². The van der Waals surface area contributed by atoms with E-state index in [4.69, 9.17) is 4.74 Å². The van der Waals surface area contributed by atoms with Crippen LogP contribution in [0.5, 0.6) is 5.75 Å². The molecule has 0 atom stereocenters. The van der Waals surface area contributed by atoms with Crippen molar-refractivity contribution >= 4 is 22.5 Å². The Labute approximate surface area is 160 Å². The van der Waals surface area contributed by atoms with Crippen LogP contribution in [-0.2, 0) is 11.2 Å². The average Bonchev–Trinajstić information content (AvgIpc) is 3.06. The zero-order chi connectivity index (χ0) is 19.1. The lowest BCUT2D eigenvalue weighted by molar-refractivity contribution is -0.120. The number of carbonyl (C=O) groups excluding carboxylic acids is 1. The van der Waals surface area contributed by atoms with E-state index in [1.54, 1.807) is 0 Å². The van der Waals surface area contributed by atoms with Crippen molar-refractivity contribution in [2.75, 3.05) is 18.4 Å². The number of para-hydroxylation sites is 1. The zero-order valence-electron chi connectivity index (χ0n) is 15.9. The molecule has 0 fully saturated rings. The molecule has 3 rings (SSSR count). The molecule has 0 radical (unpaired) electrons. The molecule has 1 aromatic heterocycles. The number of hydrogen-bond acceptors (Lipinski definition) is 3. The summed E-state index contributed by atoms with van der Waals surface area (Å²) in [6.07, 6.45) is 3.45. The Morgan fingerprint density at radius 2 is 1.85 bits per heavy atom. The van der Waals surface area contributed by atoms with Gasteiger partial charge in [-0.2, -0.15) is 0 Å². The van der Waals surface area contributed by atoms with Gasteiger partial charge in [-0.1, -0.05) is 18.2 Å². The number of anilines is 1. The van der Waals surface area contributed by atoms with E-state index in [0.29, 0.717) is 19.5 Å². The average molecular weight is 365 g/mol. The van der Waals surface area contributed by atoms with Gasteiger partial charge in [-0.25, -0.2) is 0 Å². The second-order valence-corrected chi connectivity index (χ2v) is 6.83. The summed E-state index contributed by atoms with van der Waals surface area (Å²) < 4.78 is 5.62. The number of carbonyl (C=O) groups is 1. The Hall–Kier alpha value is -2.95. The van der Waals surface area contributed by atoms with Gasteiger partial charge in [0.2, 0.25) is 5.91 Å². The predicted octanol–water partition coefficient (Wildman–Crippen LogP) is 4.12. The number of aromatic nitrogens is 1. The lowest BCUT2D eigenvalue weighted by Gasteiger charge is -2.11. The molecule has 0 bridgehead atoms. The summed E-state index contributed by atoms with van der Waals surface area (Å²) in [6, 6.07) is 16.0. The Kier molecular flexibility index (Phi) is 6.36. The molecule has 3 N–H and O–H groups in total. The molecule has 0 aliphatic carbocycles. The highest BCUT2D eigenvalue weighted by molar-refractivity contribution is 5.83. The molecule has 0 unspecified atom stereocenters. The second kappa shape index (κ2) is 9.12. The third kappa shape index (κ3) is 5.51. The topological polar surface area (TPSA) is 66.2 Å². The lowest BCUT2D eigenvalue weighted by atomic mass is 10.1. The van der Waals surface area contributed by atoms with Gasteiger partial charge < -0.3 is 20.4 Å². The molecule has 0 saturated heterocycles. The molecular formula is C22H27N3O2. The van der Waals surface area contributed by atoms with Crippen LogP contribution in [0.1, 0.15) is 25.8 Å². The number of aromatic amines is 1. The number of rotatable bonds is 9. The zero-order valence-corrected chi connectivity index (χ0v) is 15.9. The van der Waals surface area contributed by atoms with Crippen LogP contribution in [0.25, 0.3) is 10.9 Å².